The number of nitrogens with zero attached hydrogens (tertiary/aromatic N) is 2. The van der Waals surface area contributed by atoms with Crippen LogP contribution in [0.3, 0.4) is 0 Å². The molecule has 0 aromatic carbocycles. The molecule has 15 heavy (non-hydrogen) atoms. The molecule has 0 bridgehead atoms. The Morgan fingerprint density at radius 3 is 2.87 bits per heavy atom. The van der Waals surface area contributed by atoms with Crippen LogP contribution in [0.25, 0.3) is 0 Å². The van der Waals surface area contributed by atoms with Gasteiger partial charge < -0.3 is 15.4 Å². The van der Waals surface area contributed by atoms with Crippen molar-refractivity contribution >= 4 is 5.97 Å². The van der Waals surface area contributed by atoms with E-state index in [1.807, 2.05) is 0 Å². The van der Waals surface area contributed by atoms with E-state index in [0.29, 0.717) is 24.8 Å². The average molecular weight is 213 g/mol. The summed E-state index contributed by atoms with van der Waals surface area (Å²) in [5.74, 6) is -0.595. The fourth-order valence-corrected chi connectivity index (χ4v) is 1.24. The lowest BCUT2D eigenvalue weighted by atomic mass is 10.0. The second-order valence-corrected chi connectivity index (χ2v) is 3.54. The Labute approximate surface area is 87.5 Å². The molecule has 0 saturated carbocycles. The number of carboxylic acids is 1. The molecular weight excluding hydrogens is 198 g/mol. The van der Waals surface area contributed by atoms with Crippen LogP contribution in [-0.2, 0) is 6.42 Å². The van der Waals surface area contributed by atoms with Gasteiger partial charge >= 0.3 is 5.97 Å². The highest BCUT2D eigenvalue weighted by Crippen LogP contribution is 2.10. The number of hydrogen-bond acceptors (Lipinski definition) is 5. The summed E-state index contributed by atoms with van der Waals surface area (Å²) in [4.78, 5) is 14.2. The summed E-state index contributed by atoms with van der Waals surface area (Å²) >= 11 is 0. The lowest BCUT2D eigenvalue weighted by molar-refractivity contribution is 0.0680. The maximum atomic E-state index is 10.5. The summed E-state index contributed by atoms with van der Waals surface area (Å²) in [5, 5.41) is 11.9. The topological polar surface area (TPSA) is 102 Å². The Kier molecular flexibility index (Phi) is 4.23. The van der Waals surface area contributed by atoms with E-state index >= 15 is 0 Å². The van der Waals surface area contributed by atoms with Gasteiger partial charge in [0.1, 0.15) is 0 Å². The molecule has 6 heteroatoms. The first kappa shape index (κ1) is 11.6. The van der Waals surface area contributed by atoms with Gasteiger partial charge in [-0.15, -0.1) is 0 Å². The highest BCUT2D eigenvalue weighted by atomic mass is 16.5. The van der Waals surface area contributed by atoms with Crippen molar-refractivity contribution in [2.75, 3.05) is 6.54 Å². The van der Waals surface area contributed by atoms with Crippen molar-refractivity contribution in [3.63, 3.8) is 0 Å². The Bertz CT molecular complexity index is 324. The zero-order chi connectivity index (χ0) is 11.3. The van der Waals surface area contributed by atoms with Gasteiger partial charge in [0.15, 0.2) is 0 Å². The van der Waals surface area contributed by atoms with E-state index < -0.39 is 5.97 Å². The molecule has 0 amide bonds. The zero-order valence-electron chi connectivity index (χ0n) is 8.64. The monoisotopic (exact) mass is 213 g/mol. The number of aromatic carboxylic acids is 1. The van der Waals surface area contributed by atoms with E-state index in [9.17, 15) is 4.79 Å². The van der Waals surface area contributed by atoms with Crippen molar-refractivity contribution in [2.24, 2.45) is 11.7 Å². The van der Waals surface area contributed by atoms with Crippen LogP contribution < -0.4 is 5.73 Å². The van der Waals surface area contributed by atoms with E-state index in [-0.39, 0.29) is 5.82 Å². The predicted molar refractivity (Wildman–Crippen MR) is 52.4 cm³/mol. The Morgan fingerprint density at radius 2 is 2.33 bits per heavy atom. The lowest BCUT2D eigenvalue weighted by Gasteiger charge is -2.06. The summed E-state index contributed by atoms with van der Waals surface area (Å²) < 4.78 is 4.78. The van der Waals surface area contributed by atoms with Gasteiger partial charge in [-0.1, -0.05) is 6.92 Å². The Hall–Kier alpha value is -1.43. The Morgan fingerprint density at radius 1 is 1.60 bits per heavy atom. The molecule has 1 rings (SSSR count). The molecule has 1 aromatic heterocycles. The lowest BCUT2D eigenvalue weighted by Crippen LogP contribution is -2.06. The van der Waals surface area contributed by atoms with Crippen LogP contribution in [-0.4, -0.2) is 27.8 Å². The van der Waals surface area contributed by atoms with Gasteiger partial charge in [-0.05, 0) is 30.5 Å². The van der Waals surface area contributed by atoms with Crippen molar-refractivity contribution in [3.8, 4) is 0 Å². The Balaban J connectivity index is 2.40. The molecule has 0 fully saturated rings. The maximum Gasteiger partial charge on any atom is 0.377 e. The molecule has 0 aliphatic carbocycles. The average Bonchev–Trinajstić information content (AvgIpc) is 2.63. The molecule has 1 aromatic rings. The molecule has 0 radical (unpaired) electrons. The van der Waals surface area contributed by atoms with E-state index in [1.54, 1.807) is 0 Å². The third-order valence-corrected chi connectivity index (χ3v) is 2.17. The molecule has 1 unspecified atom stereocenters. The summed E-state index contributed by atoms with van der Waals surface area (Å²) in [6.07, 6.45) is 2.42. The molecular formula is C9H15N3O3. The van der Waals surface area contributed by atoms with Crippen LogP contribution in [0.4, 0.5) is 0 Å². The molecule has 0 aliphatic rings. The summed E-state index contributed by atoms with van der Waals surface area (Å²) in [5.41, 5.74) is 5.41. The van der Waals surface area contributed by atoms with Gasteiger partial charge in [-0.2, -0.15) is 4.98 Å². The number of nitrogens with two attached hydrogens (primary N) is 1. The highest BCUT2D eigenvalue weighted by Gasteiger charge is 2.13. The van der Waals surface area contributed by atoms with Crippen LogP contribution in [0.1, 0.15) is 36.3 Å². The highest BCUT2D eigenvalue weighted by molar-refractivity contribution is 5.82. The van der Waals surface area contributed by atoms with Gasteiger partial charge in [0.05, 0.1) is 0 Å². The van der Waals surface area contributed by atoms with Gasteiger partial charge in [-0.25, -0.2) is 4.79 Å². The smallest absolute Gasteiger partial charge is 0.377 e. The largest absolute Gasteiger partial charge is 0.475 e. The van der Waals surface area contributed by atoms with Crippen LogP contribution in [0.5, 0.6) is 0 Å². The maximum absolute atomic E-state index is 10.5. The van der Waals surface area contributed by atoms with Gasteiger partial charge in [0.25, 0.3) is 5.82 Å². The molecule has 1 heterocycles. The second-order valence-electron chi connectivity index (χ2n) is 3.54. The van der Waals surface area contributed by atoms with E-state index in [2.05, 4.69) is 17.1 Å². The molecule has 0 saturated heterocycles. The van der Waals surface area contributed by atoms with Crippen LogP contribution >= 0.6 is 0 Å². The summed E-state index contributed by atoms with van der Waals surface area (Å²) in [7, 11) is 0. The molecule has 0 aliphatic heterocycles. The minimum Gasteiger partial charge on any atom is -0.475 e. The molecule has 3 N–H and O–H groups in total. The van der Waals surface area contributed by atoms with Crippen molar-refractivity contribution in [2.45, 2.75) is 26.2 Å². The van der Waals surface area contributed by atoms with Gasteiger partial charge in [-0.3, -0.25) is 0 Å². The molecule has 84 valence electrons. The van der Waals surface area contributed by atoms with Crippen molar-refractivity contribution in [1.29, 1.82) is 0 Å². The van der Waals surface area contributed by atoms with Crippen LogP contribution in [0.2, 0.25) is 0 Å². The first-order valence-corrected chi connectivity index (χ1v) is 4.89. The van der Waals surface area contributed by atoms with Crippen molar-refractivity contribution < 1.29 is 14.4 Å². The number of carboxylic acid groups (broad SMARTS) is 1. The molecule has 6 nitrogen and oxygen atoms in total. The zero-order valence-corrected chi connectivity index (χ0v) is 8.64. The summed E-state index contributed by atoms with van der Waals surface area (Å²) in [6, 6.07) is 0. The first-order chi connectivity index (χ1) is 7.13. The number of aryl methyl sites for hydroxylation is 1. The van der Waals surface area contributed by atoms with Crippen LogP contribution in [0.15, 0.2) is 4.52 Å². The SMILES string of the molecule is CC(CCN)CCc1nc(C(=O)O)no1. The minimum absolute atomic E-state index is 0.281. The first-order valence-electron chi connectivity index (χ1n) is 4.89. The normalized spacial score (nSPS) is 12.7. The van der Waals surface area contributed by atoms with E-state index in [4.69, 9.17) is 15.4 Å². The minimum atomic E-state index is -1.17. The quantitative estimate of drug-likeness (QED) is 0.720. The number of aromatic nitrogens is 2. The predicted octanol–water partition coefficient (Wildman–Crippen LogP) is 0.685. The fourth-order valence-electron chi connectivity index (χ4n) is 1.24. The van der Waals surface area contributed by atoms with Crippen molar-refractivity contribution in [1.82, 2.24) is 10.1 Å². The second kappa shape index (κ2) is 5.45. The molecule has 1 atom stereocenters. The standard InChI is InChI=1S/C9H15N3O3/c1-6(4-5-10)2-3-7-11-8(9(13)14)12-15-7/h6H,2-5,10H2,1H3,(H,13,14). The third kappa shape index (κ3) is 3.67. The van der Waals surface area contributed by atoms with Crippen LogP contribution in [0, 0.1) is 5.92 Å². The van der Waals surface area contributed by atoms with Gasteiger partial charge in [0, 0.05) is 6.42 Å². The van der Waals surface area contributed by atoms with E-state index in [1.165, 1.54) is 0 Å². The third-order valence-electron chi connectivity index (χ3n) is 2.17. The summed E-state index contributed by atoms with van der Waals surface area (Å²) in [6.45, 7) is 2.74. The fraction of sp³-hybridized carbons (Fsp3) is 0.667. The number of hydrogen-bond donors (Lipinski definition) is 2. The number of carbonyl (C=O) groups is 1. The number of rotatable bonds is 6. The van der Waals surface area contributed by atoms with Gasteiger partial charge in [0.2, 0.25) is 5.89 Å². The van der Waals surface area contributed by atoms with Crippen molar-refractivity contribution in [3.05, 3.63) is 11.7 Å². The molecule has 0 spiro atoms. The van der Waals surface area contributed by atoms with E-state index in [0.717, 1.165) is 12.8 Å².